The molecule has 6 aromatic rings. The van der Waals surface area contributed by atoms with Gasteiger partial charge in [0.15, 0.2) is 28.9 Å². The zero-order valence-corrected chi connectivity index (χ0v) is 40.1. The molecule has 0 amide bonds. The van der Waals surface area contributed by atoms with Gasteiger partial charge < -0.3 is 55.7 Å². The molecular formula is C47H50F8N10O9. The van der Waals surface area contributed by atoms with E-state index in [1.807, 2.05) is 47.4 Å². The number of benzene rings is 2. The van der Waals surface area contributed by atoms with E-state index in [0.29, 0.717) is 49.5 Å². The number of Topliss-reactive ketones (excluding diaryl/α,β-unsaturated/α-hetero) is 1. The maximum absolute atomic E-state index is 15.3. The molecule has 0 fully saturated rings. The van der Waals surface area contributed by atoms with E-state index in [1.54, 1.807) is 43.3 Å². The summed E-state index contributed by atoms with van der Waals surface area (Å²) < 4.78 is 110. The Morgan fingerprint density at radius 3 is 1.96 bits per heavy atom. The van der Waals surface area contributed by atoms with E-state index < -0.39 is 70.2 Å². The number of hydrogen-bond donors (Lipinski definition) is 6. The minimum atomic E-state index is -4.64. The molecule has 398 valence electrons. The predicted octanol–water partition coefficient (Wildman–Crippen LogP) is 7.22. The maximum atomic E-state index is 15.3. The Hall–Kier alpha value is -8.26. The van der Waals surface area contributed by atoms with Gasteiger partial charge in [-0.15, -0.1) is 0 Å². The third kappa shape index (κ3) is 13.2. The predicted molar refractivity (Wildman–Crippen MR) is 257 cm³/mol. The summed E-state index contributed by atoms with van der Waals surface area (Å²) in [6, 6.07) is 5.38. The first-order valence-electron chi connectivity index (χ1n) is 22.2. The van der Waals surface area contributed by atoms with Gasteiger partial charge in [0.1, 0.15) is 35.0 Å². The smallest absolute Gasteiger partial charge is 0.446 e. The number of carboxylic acids is 1. The van der Waals surface area contributed by atoms with Crippen LogP contribution in [0.5, 0.6) is 11.5 Å². The molecule has 19 nitrogen and oxygen atoms in total. The lowest BCUT2D eigenvalue weighted by Crippen LogP contribution is -2.39. The molecule has 0 saturated heterocycles. The van der Waals surface area contributed by atoms with Gasteiger partial charge in [-0.25, -0.2) is 23.5 Å². The molecule has 1 atom stereocenters. The number of halogens is 8. The topological polar surface area (TPSA) is 270 Å². The van der Waals surface area contributed by atoms with Crippen molar-refractivity contribution in [1.29, 1.82) is 0 Å². The molecule has 27 heteroatoms. The van der Waals surface area contributed by atoms with Crippen molar-refractivity contribution in [2.45, 2.75) is 78.1 Å². The van der Waals surface area contributed by atoms with E-state index in [9.17, 15) is 50.6 Å². The molecule has 1 unspecified atom stereocenters. The number of pyridine rings is 3. The van der Waals surface area contributed by atoms with Gasteiger partial charge in [0.2, 0.25) is 23.4 Å². The van der Waals surface area contributed by atoms with E-state index >= 15 is 8.78 Å². The molecule has 0 spiro atoms. The summed E-state index contributed by atoms with van der Waals surface area (Å²) in [6.07, 6.45) is -1.01. The van der Waals surface area contributed by atoms with Crippen LogP contribution >= 0.6 is 0 Å². The van der Waals surface area contributed by atoms with Gasteiger partial charge in [-0.1, -0.05) is 19.9 Å². The van der Waals surface area contributed by atoms with Crippen molar-refractivity contribution in [2.24, 2.45) is 5.92 Å². The highest BCUT2D eigenvalue weighted by molar-refractivity contribution is 6.05. The normalized spacial score (nSPS) is 14.2. The number of imidazole rings is 1. The summed E-state index contributed by atoms with van der Waals surface area (Å²) in [7, 11) is 0. The van der Waals surface area contributed by atoms with E-state index in [0.717, 1.165) is 0 Å². The lowest BCUT2D eigenvalue weighted by atomic mass is 9.98. The van der Waals surface area contributed by atoms with Crippen LogP contribution in [0.4, 0.5) is 63.7 Å². The summed E-state index contributed by atoms with van der Waals surface area (Å²) in [5.41, 5.74) is 9.61. The first kappa shape index (κ1) is 56.7. The van der Waals surface area contributed by atoms with E-state index in [4.69, 9.17) is 30.5 Å². The van der Waals surface area contributed by atoms with Crippen molar-refractivity contribution in [3.63, 3.8) is 0 Å². The Bertz CT molecular complexity index is 3140. The monoisotopic (exact) mass is 1050 g/mol. The fourth-order valence-corrected chi connectivity index (χ4v) is 7.76. The third-order valence-corrected chi connectivity index (χ3v) is 11.0. The molecular weight excluding hydrogens is 1000 g/mol. The highest BCUT2D eigenvalue weighted by Gasteiger charge is 2.36. The molecule has 8 N–H and O–H groups in total. The number of aromatic nitrogens is 5. The Kier molecular flexibility index (Phi) is 17.7. The number of nitrogen functional groups attached to an aromatic ring is 2. The summed E-state index contributed by atoms with van der Waals surface area (Å²) in [5.74, 6) is -2.13. The number of nitrogens with two attached hydrogens (primary N) is 2. The summed E-state index contributed by atoms with van der Waals surface area (Å²) in [6.45, 7) is 11.5. The molecule has 0 bridgehead atoms. The first-order chi connectivity index (χ1) is 34.6. The minimum Gasteiger partial charge on any atom is -0.487 e. The fraction of sp³-hybridized carbons (Fsp3) is 0.362. The Labute approximate surface area is 414 Å². The lowest BCUT2D eigenvalue weighted by molar-refractivity contribution is -0.156. The molecule has 2 aliphatic heterocycles. The highest BCUT2D eigenvalue weighted by atomic mass is 19.4. The number of anilines is 5. The van der Waals surface area contributed by atoms with E-state index in [2.05, 4.69) is 25.9 Å². The highest BCUT2D eigenvalue weighted by Crippen LogP contribution is 2.46. The largest absolute Gasteiger partial charge is 0.487 e. The number of carbonyl (C=O) groups is 4. The molecule has 2 aliphatic rings. The number of hydrogen-bond acceptors (Lipinski definition) is 15. The van der Waals surface area contributed by atoms with Crippen molar-refractivity contribution < 1.29 is 68.9 Å². The standard InChI is InChI=1S/C23H26FN5O3.C20H22FN5O4.2C2HF3O/c1-12(2)15-11-32-23-20(28-9-8-27-16-6-4-5-7-26-16)18(24)19(25)17-21(23)29(15)10-14(13(3)30)22(17)31;1-20(2)9-26-8-11(19(28)29)17(27)12-14(22)13(21)15(18(30-20)16(12)26)24-4-3-6-25-7-5-23-10-25;2*3-2(4,5)1-6/h4-7,10,12,15,28H,8-9,11,25H2,1-3H3,(H,26,27);5,7-8,10,24H,3-4,6,9,22H2,1-2H3,(H,28,29);2*1H. The maximum Gasteiger partial charge on any atom is 0.446 e. The van der Waals surface area contributed by atoms with Crippen molar-refractivity contribution in [3.8, 4) is 11.5 Å². The molecule has 2 aromatic carbocycles. The van der Waals surface area contributed by atoms with Crippen LogP contribution in [0.25, 0.3) is 21.8 Å². The molecule has 8 rings (SSSR count). The van der Waals surface area contributed by atoms with Gasteiger partial charge in [-0.05, 0) is 45.2 Å². The third-order valence-electron chi connectivity index (χ3n) is 11.0. The van der Waals surface area contributed by atoms with Gasteiger partial charge in [-0.2, -0.15) is 26.3 Å². The summed E-state index contributed by atoms with van der Waals surface area (Å²) >= 11 is 0. The van der Waals surface area contributed by atoms with Crippen LogP contribution in [0.3, 0.4) is 0 Å². The van der Waals surface area contributed by atoms with Crippen molar-refractivity contribution in [2.75, 3.05) is 53.7 Å². The Morgan fingerprint density at radius 1 is 0.865 bits per heavy atom. The second kappa shape index (κ2) is 23.1. The van der Waals surface area contributed by atoms with Gasteiger partial charge >= 0.3 is 18.3 Å². The van der Waals surface area contributed by atoms with Crippen LogP contribution in [0, 0.1) is 17.6 Å². The molecule has 74 heavy (non-hydrogen) atoms. The Balaban J connectivity index is 0.000000225. The zero-order chi connectivity index (χ0) is 55.0. The molecule has 0 saturated carbocycles. The second-order valence-corrected chi connectivity index (χ2v) is 17.4. The number of ketones is 1. The van der Waals surface area contributed by atoms with E-state index in [-0.39, 0.29) is 75.8 Å². The molecule has 0 radical (unpaired) electrons. The van der Waals surface area contributed by atoms with Crippen molar-refractivity contribution >= 4 is 74.7 Å². The zero-order valence-electron chi connectivity index (χ0n) is 40.1. The number of alkyl halides is 6. The molecule has 6 heterocycles. The quantitative estimate of drug-likeness (QED) is 0.0219. The molecule has 4 aromatic heterocycles. The average Bonchev–Trinajstić information content (AvgIpc) is 3.86. The number of rotatable bonds is 13. The second-order valence-electron chi connectivity index (χ2n) is 17.4. The fourth-order valence-electron chi connectivity index (χ4n) is 7.76. The van der Waals surface area contributed by atoms with Gasteiger partial charge in [0.25, 0.3) is 0 Å². The molecule has 0 aliphatic carbocycles. The van der Waals surface area contributed by atoms with E-state index in [1.165, 1.54) is 13.1 Å². The SMILES string of the molecule is CC(=O)c1cn2c3c(c(NCCNc4ccccn4)c(F)c(N)c3c1=O)OCC2C(C)C.CC1(C)Cn2cc(C(=O)O)c(=O)c3c(N)c(F)c(NCCCn4ccnc4)c(c32)O1.O=CC(F)(F)F.O=CC(F)(F)F. The van der Waals surface area contributed by atoms with Crippen LogP contribution in [0.1, 0.15) is 67.8 Å². The number of aryl methyl sites for hydroxylation is 1. The van der Waals surface area contributed by atoms with Gasteiger partial charge in [0.05, 0.1) is 57.7 Å². The summed E-state index contributed by atoms with van der Waals surface area (Å²) in [4.78, 5) is 75.0. The number of aldehydes is 2. The minimum absolute atomic E-state index is 0.0117. The lowest BCUT2D eigenvalue weighted by Gasteiger charge is -2.35. The Morgan fingerprint density at radius 2 is 1.43 bits per heavy atom. The average molecular weight is 1050 g/mol. The van der Waals surface area contributed by atoms with Crippen molar-refractivity contribution in [1.82, 2.24) is 23.7 Å². The number of ether oxygens (including phenoxy) is 2. The number of aromatic carboxylic acids is 1. The van der Waals surface area contributed by atoms with Crippen LogP contribution in [0.15, 0.2) is 65.1 Å². The summed E-state index contributed by atoms with van der Waals surface area (Å²) in [5, 5.41) is 18.4. The van der Waals surface area contributed by atoms with Gasteiger partial charge in [0, 0.05) is 57.2 Å². The number of carbonyl (C=O) groups excluding carboxylic acids is 3. The van der Waals surface area contributed by atoms with Crippen LogP contribution < -0.4 is 47.7 Å². The van der Waals surface area contributed by atoms with Crippen LogP contribution in [0.2, 0.25) is 0 Å². The van der Waals surface area contributed by atoms with Crippen LogP contribution in [-0.2, 0) is 22.7 Å². The number of nitrogens with zero attached hydrogens (tertiary/aromatic N) is 5. The first-order valence-corrected chi connectivity index (χ1v) is 22.2. The van der Waals surface area contributed by atoms with Crippen LogP contribution in [-0.4, -0.2) is 97.3 Å². The van der Waals surface area contributed by atoms with Crippen molar-refractivity contribution in [3.05, 3.63) is 98.7 Å². The van der Waals surface area contributed by atoms with Gasteiger partial charge in [-0.3, -0.25) is 24.0 Å². The number of nitrogens with one attached hydrogen (secondary N) is 3. The number of carboxylic acid groups (broad SMARTS) is 1.